The van der Waals surface area contributed by atoms with Crippen molar-refractivity contribution in [2.24, 2.45) is 0 Å². The minimum atomic E-state index is -0.556. The van der Waals surface area contributed by atoms with Gasteiger partial charge in [0.15, 0.2) is 0 Å². The van der Waals surface area contributed by atoms with Gasteiger partial charge in [0.25, 0.3) is 0 Å². The normalized spacial score (nSPS) is 11.2. The summed E-state index contributed by atoms with van der Waals surface area (Å²) >= 11 is -0.556. The molecule has 0 spiro atoms. The van der Waals surface area contributed by atoms with E-state index in [2.05, 4.69) is 101 Å². The van der Waals surface area contributed by atoms with Crippen molar-refractivity contribution in [1.82, 2.24) is 0 Å². The van der Waals surface area contributed by atoms with Crippen LogP contribution in [0.1, 0.15) is 43.0 Å². The van der Waals surface area contributed by atoms with E-state index < -0.39 is 17.0 Å². The summed E-state index contributed by atoms with van der Waals surface area (Å²) in [6.07, 6.45) is 0. The number of hydrogen-bond donors (Lipinski definition) is 1. The van der Waals surface area contributed by atoms with Crippen molar-refractivity contribution < 1.29 is 22.1 Å². The number of phenols is 1. The summed E-state index contributed by atoms with van der Waals surface area (Å²) in [4.78, 5) is 2.28. The topological polar surface area (TPSA) is 23.5 Å². The molecule has 0 bridgehead atoms. The fourth-order valence-electron chi connectivity index (χ4n) is 3.65. The first kappa shape index (κ1) is 27.2. The van der Waals surface area contributed by atoms with Gasteiger partial charge in [-0.3, -0.25) is 0 Å². The van der Waals surface area contributed by atoms with Crippen LogP contribution >= 0.6 is 27.2 Å². The number of anilines is 1. The molecule has 0 amide bonds. The molecule has 0 saturated carbocycles. The molecule has 3 aromatic carbocycles. The molecule has 2 nitrogen and oxygen atoms in total. The summed E-state index contributed by atoms with van der Waals surface area (Å²) in [6.45, 7) is 11.6. The Balaban J connectivity index is 0.00000114. The van der Waals surface area contributed by atoms with Gasteiger partial charge >= 0.3 is 35.6 Å². The predicted octanol–water partition coefficient (Wildman–Crippen LogP) is 6.95. The Hall–Kier alpha value is -1.02. The predicted molar refractivity (Wildman–Crippen MR) is 141 cm³/mol. The van der Waals surface area contributed by atoms with Gasteiger partial charge in [0.1, 0.15) is 5.75 Å². The molecule has 0 fully saturated rings. The van der Waals surface area contributed by atoms with Crippen LogP contribution in [0.4, 0.5) is 5.69 Å². The number of rotatable bonds is 5. The Bertz CT molecular complexity index is 1020. The maximum atomic E-state index is 11.0. The summed E-state index contributed by atoms with van der Waals surface area (Å²) in [5, 5.41) is 13.4. The first-order chi connectivity index (χ1) is 15.1. The molecular weight excluding hydrogens is 492 g/mol. The Morgan fingerprint density at radius 3 is 2.19 bits per heavy atom. The zero-order valence-electron chi connectivity index (χ0n) is 19.6. The fraction of sp³-hybridized carbons (Fsp3) is 0.308. The zero-order valence-corrected chi connectivity index (χ0v) is 23.7. The van der Waals surface area contributed by atoms with Gasteiger partial charge in [-0.05, 0) is 59.5 Å². The number of halogens is 2. The number of hydrogen-bond acceptors (Lipinski definition) is 2. The molecule has 3 aromatic rings. The van der Waals surface area contributed by atoms with Gasteiger partial charge in [-0.15, -0.1) is 0 Å². The quantitative estimate of drug-likeness (QED) is 0.289. The standard InChI is InChI=1S/C26H32NOP.2ClH.Ti/c1-18-15-22(26(3,4)5)24(28)23(16-18)29-25-19(2)11-10-12-20(25)17-27(6)21-13-8-7-9-14-21;;;/h7-16,28-29H,17H2,1-6H3;2*1H;/q;;;+2/p-2. The average molecular weight is 524 g/mol. The molecule has 3 rings (SSSR count). The van der Waals surface area contributed by atoms with Gasteiger partial charge in [-0.2, -0.15) is 0 Å². The van der Waals surface area contributed by atoms with E-state index in [1.807, 2.05) is 6.07 Å². The summed E-state index contributed by atoms with van der Waals surface area (Å²) in [7, 11) is 12.3. The molecule has 0 radical (unpaired) electrons. The molecule has 0 aromatic heterocycles. The van der Waals surface area contributed by atoms with Crippen molar-refractivity contribution in [3.8, 4) is 5.75 Å². The summed E-state index contributed by atoms with van der Waals surface area (Å²) in [5.41, 5.74) is 5.94. The van der Waals surface area contributed by atoms with E-state index in [0.29, 0.717) is 14.3 Å². The second kappa shape index (κ2) is 12.4. The van der Waals surface area contributed by atoms with Crippen LogP contribution in [0.5, 0.6) is 5.75 Å². The molecule has 0 aliphatic rings. The SMILES string of the molecule is Cc1cc(Pc2c(C)cccc2CN(C)c2ccccc2)c(O)c(C(C)(C)C)c1.[Cl][Ti][Cl]. The van der Waals surface area contributed by atoms with Crippen LogP contribution in [-0.4, -0.2) is 12.2 Å². The number of phenolic OH excluding ortho intramolecular Hbond substituents is 1. The van der Waals surface area contributed by atoms with Gasteiger partial charge in [0.2, 0.25) is 0 Å². The first-order valence-corrected chi connectivity index (χ1v) is 15.8. The van der Waals surface area contributed by atoms with E-state index in [9.17, 15) is 5.11 Å². The molecule has 0 heterocycles. The van der Waals surface area contributed by atoms with E-state index in [0.717, 1.165) is 17.4 Å². The van der Waals surface area contributed by atoms with E-state index >= 15 is 0 Å². The van der Waals surface area contributed by atoms with Crippen LogP contribution in [-0.2, 0) is 29.0 Å². The maximum absolute atomic E-state index is 11.0. The van der Waals surface area contributed by atoms with Crippen LogP contribution < -0.4 is 15.5 Å². The Kier molecular flexibility index (Phi) is 10.6. The van der Waals surface area contributed by atoms with Gasteiger partial charge in [0, 0.05) is 30.1 Å². The molecule has 0 saturated heterocycles. The van der Waals surface area contributed by atoms with Crippen molar-refractivity contribution in [2.45, 2.75) is 46.6 Å². The molecule has 1 N–H and O–H groups in total. The number of benzene rings is 3. The monoisotopic (exact) mass is 523 g/mol. The van der Waals surface area contributed by atoms with Gasteiger partial charge in [0.05, 0.1) is 0 Å². The van der Waals surface area contributed by atoms with Gasteiger partial charge in [-0.25, -0.2) is 0 Å². The second-order valence-electron chi connectivity index (χ2n) is 8.96. The van der Waals surface area contributed by atoms with Crippen LogP contribution in [0.2, 0.25) is 0 Å². The summed E-state index contributed by atoms with van der Waals surface area (Å²) in [6, 6.07) is 21.2. The Labute approximate surface area is 211 Å². The van der Waals surface area contributed by atoms with Crippen LogP contribution in [0, 0.1) is 13.8 Å². The first-order valence-electron chi connectivity index (χ1n) is 10.5. The number of para-hydroxylation sites is 1. The van der Waals surface area contributed by atoms with Crippen LogP contribution in [0.25, 0.3) is 0 Å². The van der Waals surface area contributed by atoms with E-state index in [4.69, 9.17) is 18.6 Å². The number of aromatic hydroxyl groups is 1. The van der Waals surface area contributed by atoms with Crippen molar-refractivity contribution in [1.29, 1.82) is 0 Å². The fourth-order valence-corrected chi connectivity index (χ4v) is 5.07. The summed E-state index contributed by atoms with van der Waals surface area (Å²) in [5.74, 6) is 0.451. The van der Waals surface area contributed by atoms with Crippen molar-refractivity contribution in [2.75, 3.05) is 11.9 Å². The number of aryl methyl sites for hydroxylation is 2. The molecule has 170 valence electrons. The number of nitrogens with zero attached hydrogens (tertiary/aromatic N) is 1. The molecule has 0 aliphatic heterocycles. The van der Waals surface area contributed by atoms with Gasteiger partial charge < -0.3 is 10.0 Å². The molecular formula is C26H32Cl2NOPTi. The summed E-state index contributed by atoms with van der Waals surface area (Å²) < 4.78 is 0. The molecule has 32 heavy (non-hydrogen) atoms. The zero-order chi connectivity index (χ0) is 23.9. The van der Waals surface area contributed by atoms with E-state index in [1.165, 1.54) is 27.7 Å². The van der Waals surface area contributed by atoms with Crippen molar-refractivity contribution in [3.05, 3.63) is 82.9 Å². The van der Waals surface area contributed by atoms with Crippen LogP contribution in [0.15, 0.2) is 60.7 Å². The average Bonchev–Trinajstić information content (AvgIpc) is 2.73. The van der Waals surface area contributed by atoms with Crippen LogP contribution in [0.3, 0.4) is 0 Å². The van der Waals surface area contributed by atoms with Crippen molar-refractivity contribution in [3.63, 3.8) is 0 Å². The Morgan fingerprint density at radius 2 is 1.59 bits per heavy atom. The second-order valence-corrected chi connectivity index (χ2v) is 12.8. The molecule has 1 atom stereocenters. The van der Waals surface area contributed by atoms with E-state index in [-0.39, 0.29) is 5.41 Å². The third-order valence-electron chi connectivity index (χ3n) is 5.29. The van der Waals surface area contributed by atoms with Gasteiger partial charge in [-0.1, -0.05) is 71.8 Å². The molecule has 6 heteroatoms. The molecule has 0 aliphatic carbocycles. The van der Waals surface area contributed by atoms with E-state index in [1.54, 1.807) is 0 Å². The van der Waals surface area contributed by atoms with Crippen molar-refractivity contribution >= 4 is 43.5 Å². The Morgan fingerprint density at radius 1 is 0.969 bits per heavy atom. The molecule has 1 unspecified atom stereocenters. The third-order valence-corrected chi connectivity index (χ3v) is 6.90. The third kappa shape index (κ3) is 7.51. The minimum absolute atomic E-state index is 0.0859.